The summed E-state index contributed by atoms with van der Waals surface area (Å²) in [6.07, 6.45) is 0. The number of carbonyl (C=O) groups is 1. The highest BCUT2D eigenvalue weighted by Crippen LogP contribution is 2.18. The van der Waals surface area contributed by atoms with Gasteiger partial charge in [-0.1, -0.05) is 29.8 Å². The number of hydrogen-bond donors (Lipinski definition) is 1. The van der Waals surface area contributed by atoms with Gasteiger partial charge in [0.15, 0.2) is 0 Å². The second kappa shape index (κ2) is 7.48. The fourth-order valence-corrected chi connectivity index (χ4v) is 2.68. The molecule has 0 aromatic heterocycles. The molecule has 0 heterocycles. The third kappa shape index (κ3) is 5.06. The highest BCUT2D eigenvalue weighted by atomic mass is 35.5. The summed E-state index contributed by atoms with van der Waals surface area (Å²) in [7, 11) is 0. The molecule has 5 heteroatoms. The van der Waals surface area contributed by atoms with Gasteiger partial charge in [0.05, 0.1) is 11.4 Å². The molecule has 0 radical (unpaired) electrons. The molecule has 0 aliphatic rings. The van der Waals surface area contributed by atoms with Crippen molar-refractivity contribution in [3.05, 3.63) is 64.4 Å². The summed E-state index contributed by atoms with van der Waals surface area (Å²) >= 11 is 7.28. The molecule has 0 unspecified atom stereocenters. The molecule has 0 spiro atoms. The Kier molecular flexibility index (Phi) is 5.65. The van der Waals surface area contributed by atoms with Crippen LogP contribution in [0.4, 0.5) is 10.1 Å². The summed E-state index contributed by atoms with van der Waals surface area (Å²) in [6, 6.07) is 12.1. The lowest BCUT2D eigenvalue weighted by atomic mass is 10.2. The number of nitrogens with one attached hydrogen (secondary N) is 1. The number of thioether (sulfide) groups is 1. The molecule has 2 rings (SSSR count). The van der Waals surface area contributed by atoms with Crippen molar-refractivity contribution in [3.63, 3.8) is 0 Å². The molecule has 0 bridgehead atoms. The first kappa shape index (κ1) is 15.9. The van der Waals surface area contributed by atoms with Crippen LogP contribution in [0.5, 0.6) is 0 Å². The van der Waals surface area contributed by atoms with Gasteiger partial charge in [-0.25, -0.2) is 4.39 Å². The van der Waals surface area contributed by atoms with Gasteiger partial charge in [0.2, 0.25) is 5.91 Å². The fourth-order valence-electron chi connectivity index (χ4n) is 1.76. The van der Waals surface area contributed by atoms with E-state index in [-0.39, 0.29) is 17.3 Å². The lowest BCUT2D eigenvalue weighted by Gasteiger charge is -2.07. The number of anilines is 1. The van der Waals surface area contributed by atoms with Gasteiger partial charge >= 0.3 is 0 Å². The van der Waals surface area contributed by atoms with Crippen LogP contribution in [0.15, 0.2) is 42.5 Å². The van der Waals surface area contributed by atoms with E-state index in [9.17, 15) is 9.18 Å². The van der Waals surface area contributed by atoms with Crippen molar-refractivity contribution in [2.45, 2.75) is 12.7 Å². The van der Waals surface area contributed by atoms with E-state index >= 15 is 0 Å². The van der Waals surface area contributed by atoms with E-state index in [1.54, 1.807) is 12.1 Å². The van der Waals surface area contributed by atoms with Gasteiger partial charge in [0, 0.05) is 10.8 Å². The van der Waals surface area contributed by atoms with Gasteiger partial charge < -0.3 is 5.32 Å². The molecular formula is C16H15ClFNOS. The van der Waals surface area contributed by atoms with Crippen LogP contribution >= 0.6 is 23.4 Å². The first-order valence-electron chi connectivity index (χ1n) is 6.43. The van der Waals surface area contributed by atoms with E-state index in [2.05, 4.69) is 5.32 Å². The Labute approximate surface area is 132 Å². The minimum atomic E-state index is -0.420. The summed E-state index contributed by atoms with van der Waals surface area (Å²) in [4.78, 5) is 11.8. The van der Waals surface area contributed by atoms with Gasteiger partial charge in [0.25, 0.3) is 0 Å². The number of rotatable bonds is 5. The van der Waals surface area contributed by atoms with Gasteiger partial charge in [-0.15, -0.1) is 11.8 Å². The summed E-state index contributed by atoms with van der Waals surface area (Å²) in [5.41, 5.74) is 2.23. The quantitative estimate of drug-likeness (QED) is 0.867. The normalized spacial score (nSPS) is 10.4. The molecule has 2 nitrogen and oxygen atoms in total. The van der Waals surface area contributed by atoms with Crippen molar-refractivity contribution in [2.24, 2.45) is 0 Å². The number of aryl methyl sites for hydroxylation is 1. The lowest BCUT2D eigenvalue weighted by molar-refractivity contribution is -0.113. The zero-order valence-corrected chi connectivity index (χ0v) is 13.1. The molecule has 0 aliphatic carbocycles. The Balaban J connectivity index is 1.82. The van der Waals surface area contributed by atoms with Crippen molar-refractivity contribution < 1.29 is 9.18 Å². The van der Waals surface area contributed by atoms with Crippen LogP contribution in [0.2, 0.25) is 5.02 Å². The van der Waals surface area contributed by atoms with Crippen LogP contribution in [0.3, 0.4) is 0 Å². The summed E-state index contributed by atoms with van der Waals surface area (Å²) in [5, 5.41) is 3.28. The smallest absolute Gasteiger partial charge is 0.234 e. The Morgan fingerprint density at radius 3 is 2.67 bits per heavy atom. The van der Waals surface area contributed by atoms with Gasteiger partial charge in [-0.05, 0) is 42.3 Å². The number of halogens is 2. The van der Waals surface area contributed by atoms with E-state index in [4.69, 9.17) is 11.6 Å². The summed E-state index contributed by atoms with van der Waals surface area (Å²) < 4.78 is 13.5. The van der Waals surface area contributed by atoms with Crippen molar-refractivity contribution >= 4 is 35.0 Å². The first-order chi connectivity index (χ1) is 10.0. The largest absolute Gasteiger partial charge is 0.323 e. The van der Waals surface area contributed by atoms with Gasteiger partial charge in [0.1, 0.15) is 5.82 Å². The van der Waals surface area contributed by atoms with Crippen molar-refractivity contribution in [1.29, 1.82) is 0 Å². The highest BCUT2D eigenvalue weighted by Gasteiger charge is 2.07. The predicted octanol–water partition coefficient (Wildman–Crippen LogP) is 4.66. The van der Waals surface area contributed by atoms with E-state index < -0.39 is 5.82 Å². The number of carbonyl (C=O) groups excluding carboxylic acids is 1. The monoisotopic (exact) mass is 323 g/mol. The van der Waals surface area contributed by atoms with Crippen molar-refractivity contribution in [3.8, 4) is 0 Å². The van der Waals surface area contributed by atoms with Crippen molar-refractivity contribution in [2.75, 3.05) is 11.1 Å². The minimum absolute atomic E-state index is 0.210. The third-order valence-corrected chi connectivity index (χ3v) is 4.07. The van der Waals surface area contributed by atoms with E-state index in [0.29, 0.717) is 10.8 Å². The van der Waals surface area contributed by atoms with Crippen LogP contribution in [0.25, 0.3) is 0 Å². The lowest BCUT2D eigenvalue weighted by Crippen LogP contribution is -2.15. The Bertz CT molecular complexity index is 631. The molecule has 2 aromatic rings. The molecule has 2 aromatic carbocycles. The van der Waals surface area contributed by atoms with E-state index in [1.807, 2.05) is 31.2 Å². The zero-order chi connectivity index (χ0) is 15.2. The Morgan fingerprint density at radius 2 is 1.95 bits per heavy atom. The molecule has 0 aliphatic heterocycles. The molecule has 110 valence electrons. The Morgan fingerprint density at radius 1 is 1.24 bits per heavy atom. The van der Waals surface area contributed by atoms with Gasteiger partial charge in [-0.2, -0.15) is 0 Å². The van der Waals surface area contributed by atoms with Crippen LogP contribution in [-0.4, -0.2) is 11.7 Å². The van der Waals surface area contributed by atoms with Crippen LogP contribution in [0, 0.1) is 12.7 Å². The maximum Gasteiger partial charge on any atom is 0.234 e. The molecule has 1 N–H and O–H groups in total. The molecule has 1 amide bonds. The second-order valence-corrected chi connectivity index (χ2v) is 6.07. The molecule has 0 atom stereocenters. The fraction of sp³-hybridized carbons (Fsp3) is 0.188. The van der Waals surface area contributed by atoms with Crippen LogP contribution in [0.1, 0.15) is 11.1 Å². The SMILES string of the molecule is Cc1ccc(F)c(NC(=O)CSCc2ccc(Cl)cc2)c1. The maximum absolute atomic E-state index is 13.5. The number of amides is 1. The number of benzene rings is 2. The molecular weight excluding hydrogens is 309 g/mol. The van der Waals surface area contributed by atoms with E-state index in [1.165, 1.54) is 17.8 Å². The number of hydrogen-bond acceptors (Lipinski definition) is 2. The second-order valence-electron chi connectivity index (χ2n) is 4.65. The topological polar surface area (TPSA) is 29.1 Å². The van der Waals surface area contributed by atoms with Crippen LogP contribution in [-0.2, 0) is 10.5 Å². The predicted molar refractivity (Wildman–Crippen MR) is 87.4 cm³/mol. The average molecular weight is 324 g/mol. The standard InChI is InChI=1S/C16H15ClFNOS/c1-11-2-7-14(18)15(8-11)19-16(20)10-21-9-12-3-5-13(17)6-4-12/h2-8H,9-10H2,1H3,(H,19,20). The highest BCUT2D eigenvalue weighted by molar-refractivity contribution is 7.99. The first-order valence-corrected chi connectivity index (χ1v) is 7.96. The van der Waals surface area contributed by atoms with Crippen molar-refractivity contribution in [1.82, 2.24) is 0 Å². The zero-order valence-electron chi connectivity index (χ0n) is 11.5. The maximum atomic E-state index is 13.5. The van der Waals surface area contributed by atoms with E-state index in [0.717, 1.165) is 11.1 Å². The Hall–Kier alpha value is -1.52. The average Bonchev–Trinajstić information content (AvgIpc) is 2.45. The molecule has 21 heavy (non-hydrogen) atoms. The molecule has 0 saturated heterocycles. The molecule has 0 saturated carbocycles. The van der Waals surface area contributed by atoms with Crippen LogP contribution < -0.4 is 5.32 Å². The summed E-state index contributed by atoms with van der Waals surface area (Å²) in [5.74, 6) is 0.354. The minimum Gasteiger partial charge on any atom is -0.323 e. The molecule has 0 fully saturated rings. The van der Waals surface area contributed by atoms with Gasteiger partial charge in [-0.3, -0.25) is 4.79 Å². The summed E-state index contributed by atoms with van der Waals surface area (Å²) in [6.45, 7) is 1.85. The third-order valence-electron chi connectivity index (χ3n) is 2.81.